The highest BCUT2D eigenvalue weighted by Crippen LogP contribution is 2.20. The van der Waals surface area contributed by atoms with Gasteiger partial charge in [0.2, 0.25) is 0 Å². The van der Waals surface area contributed by atoms with E-state index < -0.39 is 0 Å². The number of nitrogens with one attached hydrogen (secondary N) is 2. The highest BCUT2D eigenvalue weighted by Gasteiger charge is 2.28. The predicted octanol–water partition coefficient (Wildman–Crippen LogP) is 3.17. The third-order valence-corrected chi connectivity index (χ3v) is 5.85. The van der Waals surface area contributed by atoms with Gasteiger partial charge in [-0.1, -0.05) is 19.3 Å². The van der Waals surface area contributed by atoms with Crippen LogP contribution >= 0.6 is 0 Å². The standard InChI is InChI=1S/C22H44N4O2/c1-4-23-21(25-19-22(2,3)26-14-17-27-18-15-26)24-13-9-6-10-16-28-20-11-7-5-8-12-20/h20H,4-19H2,1-3H3,(H2,23,24,25). The minimum Gasteiger partial charge on any atom is -0.379 e. The van der Waals surface area contributed by atoms with E-state index in [4.69, 9.17) is 14.5 Å². The molecule has 2 N–H and O–H groups in total. The Morgan fingerprint density at radius 2 is 1.82 bits per heavy atom. The van der Waals surface area contributed by atoms with E-state index in [0.29, 0.717) is 6.10 Å². The number of guanidine groups is 1. The minimum absolute atomic E-state index is 0.0581. The lowest BCUT2D eigenvalue weighted by atomic mass is 9.98. The molecule has 0 amide bonds. The number of morpholine rings is 1. The van der Waals surface area contributed by atoms with Crippen molar-refractivity contribution in [1.82, 2.24) is 15.5 Å². The Hall–Kier alpha value is -0.850. The summed E-state index contributed by atoms with van der Waals surface area (Å²) in [5, 5.41) is 6.87. The van der Waals surface area contributed by atoms with Gasteiger partial charge in [-0.05, 0) is 52.9 Å². The Kier molecular flexibility index (Phi) is 11.2. The molecule has 2 fully saturated rings. The predicted molar refractivity (Wildman–Crippen MR) is 117 cm³/mol. The van der Waals surface area contributed by atoms with Crippen LogP contribution in [0.5, 0.6) is 0 Å². The molecule has 2 aliphatic rings. The lowest BCUT2D eigenvalue weighted by molar-refractivity contribution is -0.00683. The van der Waals surface area contributed by atoms with Crippen molar-refractivity contribution >= 4 is 5.96 Å². The van der Waals surface area contributed by atoms with Crippen molar-refractivity contribution in [2.24, 2.45) is 4.99 Å². The molecule has 0 unspecified atom stereocenters. The maximum Gasteiger partial charge on any atom is 0.191 e. The number of hydrogen-bond acceptors (Lipinski definition) is 4. The van der Waals surface area contributed by atoms with Crippen LogP contribution in [0.15, 0.2) is 4.99 Å². The second kappa shape index (κ2) is 13.4. The summed E-state index contributed by atoms with van der Waals surface area (Å²) in [6.45, 7) is 13.9. The molecule has 1 heterocycles. The van der Waals surface area contributed by atoms with Gasteiger partial charge in [-0.3, -0.25) is 9.89 Å². The summed E-state index contributed by atoms with van der Waals surface area (Å²) in [5.74, 6) is 0.933. The minimum atomic E-state index is 0.0581. The van der Waals surface area contributed by atoms with Crippen molar-refractivity contribution in [3.63, 3.8) is 0 Å². The van der Waals surface area contributed by atoms with Crippen molar-refractivity contribution in [2.45, 2.75) is 83.8 Å². The van der Waals surface area contributed by atoms with E-state index in [1.807, 2.05) is 0 Å². The number of hydrogen-bond donors (Lipinski definition) is 2. The van der Waals surface area contributed by atoms with Crippen LogP contribution in [0, 0.1) is 0 Å². The highest BCUT2D eigenvalue weighted by molar-refractivity contribution is 5.79. The fourth-order valence-corrected chi connectivity index (χ4v) is 3.98. The van der Waals surface area contributed by atoms with Gasteiger partial charge in [-0.25, -0.2) is 0 Å². The monoisotopic (exact) mass is 396 g/mol. The van der Waals surface area contributed by atoms with E-state index in [2.05, 4.69) is 36.3 Å². The average Bonchev–Trinajstić information content (AvgIpc) is 2.72. The Morgan fingerprint density at radius 3 is 2.54 bits per heavy atom. The maximum absolute atomic E-state index is 6.01. The van der Waals surface area contributed by atoms with Crippen molar-refractivity contribution in [2.75, 3.05) is 52.5 Å². The molecule has 28 heavy (non-hydrogen) atoms. The van der Waals surface area contributed by atoms with Gasteiger partial charge in [-0.2, -0.15) is 0 Å². The molecule has 6 nitrogen and oxygen atoms in total. The van der Waals surface area contributed by atoms with Crippen molar-refractivity contribution in [1.29, 1.82) is 0 Å². The molecule has 0 bridgehead atoms. The first-order chi connectivity index (χ1) is 13.6. The molecular formula is C22H44N4O2. The van der Waals surface area contributed by atoms with Crippen LogP contribution in [0.3, 0.4) is 0 Å². The fraction of sp³-hybridized carbons (Fsp3) is 0.955. The Labute approximate surface area is 172 Å². The molecule has 1 saturated carbocycles. The summed E-state index contributed by atoms with van der Waals surface area (Å²) in [4.78, 5) is 7.32. The van der Waals surface area contributed by atoms with E-state index in [0.717, 1.165) is 71.3 Å². The SMILES string of the molecule is CCNC(=NCC(C)(C)N1CCOCC1)NCCCCCOC1CCCCC1. The van der Waals surface area contributed by atoms with Crippen LogP contribution in [0.4, 0.5) is 0 Å². The average molecular weight is 397 g/mol. The van der Waals surface area contributed by atoms with Crippen molar-refractivity contribution in [3.8, 4) is 0 Å². The Bertz CT molecular complexity index is 430. The molecule has 164 valence electrons. The van der Waals surface area contributed by atoms with Crippen LogP contribution in [-0.4, -0.2) is 75.0 Å². The van der Waals surface area contributed by atoms with E-state index in [1.165, 1.54) is 38.5 Å². The maximum atomic E-state index is 6.01. The van der Waals surface area contributed by atoms with Crippen LogP contribution in [0.1, 0.15) is 72.1 Å². The van der Waals surface area contributed by atoms with Crippen LogP contribution in [0.25, 0.3) is 0 Å². The molecule has 1 aliphatic heterocycles. The molecule has 0 atom stereocenters. The van der Waals surface area contributed by atoms with Gasteiger partial charge < -0.3 is 20.1 Å². The zero-order valence-corrected chi connectivity index (χ0v) is 18.6. The number of rotatable bonds is 11. The van der Waals surface area contributed by atoms with Gasteiger partial charge in [0.05, 0.1) is 25.9 Å². The second-order valence-corrected chi connectivity index (χ2v) is 8.73. The van der Waals surface area contributed by atoms with E-state index in [1.54, 1.807) is 0 Å². The number of aliphatic imine (C=N–C) groups is 1. The molecule has 6 heteroatoms. The molecule has 2 rings (SSSR count). The van der Waals surface area contributed by atoms with Crippen LogP contribution in [-0.2, 0) is 9.47 Å². The summed E-state index contributed by atoms with van der Waals surface area (Å²) >= 11 is 0. The number of unbranched alkanes of at least 4 members (excludes halogenated alkanes) is 2. The molecule has 0 aromatic heterocycles. The van der Waals surface area contributed by atoms with Gasteiger partial charge in [-0.15, -0.1) is 0 Å². The zero-order valence-electron chi connectivity index (χ0n) is 18.6. The Morgan fingerprint density at radius 1 is 1.07 bits per heavy atom. The zero-order chi connectivity index (χ0) is 20.1. The summed E-state index contributed by atoms with van der Waals surface area (Å²) in [6, 6.07) is 0. The summed E-state index contributed by atoms with van der Waals surface area (Å²) in [7, 11) is 0. The third-order valence-electron chi connectivity index (χ3n) is 5.85. The molecule has 0 radical (unpaired) electrons. The Balaban J connectivity index is 1.59. The molecule has 0 spiro atoms. The van der Waals surface area contributed by atoms with Crippen molar-refractivity contribution in [3.05, 3.63) is 0 Å². The first-order valence-electron chi connectivity index (χ1n) is 11.6. The quantitative estimate of drug-likeness (QED) is 0.319. The second-order valence-electron chi connectivity index (χ2n) is 8.73. The van der Waals surface area contributed by atoms with Crippen LogP contribution < -0.4 is 10.6 Å². The lowest BCUT2D eigenvalue weighted by Gasteiger charge is -2.39. The largest absolute Gasteiger partial charge is 0.379 e. The molecule has 0 aromatic rings. The first-order valence-corrected chi connectivity index (χ1v) is 11.6. The first kappa shape index (κ1) is 23.4. The van der Waals surface area contributed by atoms with E-state index in [-0.39, 0.29) is 5.54 Å². The molecule has 1 saturated heterocycles. The summed E-state index contributed by atoms with van der Waals surface area (Å²) in [6.07, 6.45) is 10.7. The smallest absolute Gasteiger partial charge is 0.191 e. The molecule has 0 aromatic carbocycles. The fourth-order valence-electron chi connectivity index (χ4n) is 3.98. The molecule has 1 aliphatic carbocycles. The normalized spacial score (nSPS) is 20.3. The van der Waals surface area contributed by atoms with Gasteiger partial charge in [0.15, 0.2) is 5.96 Å². The molecular weight excluding hydrogens is 352 g/mol. The lowest BCUT2D eigenvalue weighted by Crippen LogP contribution is -2.52. The van der Waals surface area contributed by atoms with Crippen molar-refractivity contribution < 1.29 is 9.47 Å². The van der Waals surface area contributed by atoms with Gasteiger partial charge >= 0.3 is 0 Å². The number of ether oxygens (including phenoxy) is 2. The van der Waals surface area contributed by atoms with E-state index in [9.17, 15) is 0 Å². The summed E-state index contributed by atoms with van der Waals surface area (Å²) in [5.41, 5.74) is 0.0581. The topological polar surface area (TPSA) is 58.1 Å². The number of nitrogens with zero attached hydrogens (tertiary/aromatic N) is 2. The summed E-state index contributed by atoms with van der Waals surface area (Å²) < 4.78 is 11.5. The highest BCUT2D eigenvalue weighted by atomic mass is 16.5. The van der Waals surface area contributed by atoms with Gasteiger partial charge in [0.1, 0.15) is 0 Å². The van der Waals surface area contributed by atoms with Gasteiger partial charge in [0, 0.05) is 38.3 Å². The van der Waals surface area contributed by atoms with Crippen LogP contribution in [0.2, 0.25) is 0 Å². The van der Waals surface area contributed by atoms with E-state index >= 15 is 0 Å². The van der Waals surface area contributed by atoms with Gasteiger partial charge in [0.25, 0.3) is 0 Å². The third kappa shape index (κ3) is 9.10.